The van der Waals surface area contributed by atoms with Gasteiger partial charge < -0.3 is 14.6 Å². The number of benzene rings is 1. The van der Waals surface area contributed by atoms with Crippen molar-refractivity contribution >= 4 is 18.4 Å². The highest BCUT2D eigenvalue weighted by molar-refractivity contribution is 6.63. The monoisotopic (exact) mass is 324 g/mol. The smallest absolute Gasteiger partial charge is 0.399 e. The first-order valence-corrected chi connectivity index (χ1v) is 8.38. The fourth-order valence-corrected chi connectivity index (χ4v) is 2.67. The van der Waals surface area contributed by atoms with Gasteiger partial charge in [0.2, 0.25) is 0 Å². The Morgan fingerprint density at radius 2 is 1.67 bits per heavy atom. The number of hydrogen-bond acceptors (Lipinski definition) is 4. The van der Waals surface area contributed by atoms with Gasteiger partial charge in [-0.1, -0.05) is 36.4 Å². The lowest BCUT2D eigenvalue weighted by Crippen LogP contribution is -2.41. The van der Waals surface area contributed by atoms with Crippen LogP contribution >= 0.6 is 0 Å². The van der Waals surface area contributed by atoms with E-state index >= 15 is 0 Å². The molecular formula is C19H25BN2O2. The van der Waals surface area contributed by atoms with Crippen molar-refractivity contribution < 1.29 is 9.31 Å². The number of nitrogens with zero attached hydrogens (tertiary/aromatic N) is 1. The molecule has 1 aliphatic rings. The minimum atomic E-state index is -0.416. The summed E-state index contributed by atoms with van der Waals surface area (Å²) in [6.07, 6.45) is 1.86. The van der Waals surface area contributed by atoms with Crippen molar-refractivity contribution in [3.05, 3.63) is 53.7 Å². The largest absolute Gasteiger partial charge is 0.498 e. The third-order valence-electron chi connectivity index (χ3n) is 4.86. The summed E-state index contributed by atoms with van der Waals surface area (Å²) in [7, 11) is -0.416. The molecule has 0 amide bonds. The van der Waals surface area contributed by atoms with Crippen molar-refractivity contribution in [3.63, 3.8) is 0 Å². The summed E-state index contributed by atoms with van der Waals surface area (Å²) >= 11 is 0. The molecule has 126 valence electrons. The van der Waals surface area contributed by atoms with E-state index in [4.69, 9.17) is 9.31 Å². The number of hydrogen-bond donors (Lipinski definition) is 1. The Kier molecular flexibility index (Phi) is 4.41. The number of aromatic nitrogens is 1. The highest BCUT2D eigenvalue weighted by Gasteiger charge is 2.52. The lowest BCUT2D eigenvalue weighted by atomic mass is 9.78. The van der Waals surface area contributed by atoms with E-state index in [1.807, 2.05) is 31.3 Å². The van der Waals surface area contributed by atoms with Crippen LogP contribution in [0.4, 0.5) is 5.82 Å². The molecule has 0 aliphatic carbocycles. The van der Waals surface area contributed by atoms with Crippen molar-refractivity contribution in [2.45, 2.75) is 52.4 Å². The topological polar surface area (TPSA) is 43.4 Å². The summed E-state index contributed by atoms with van der Waals surface area (Å²) in [5.74, 6) is 0.808. The second-order valence-corrected chi connectivity index (χ2v) is 7.38. The Morgan fingerprint density at radius 3 is 2.29 bits per heavy atom. The summed E-state index contributed by atoms with van der Waals surface area (Å²) < 4.78 is 12.4. The second-order valence-electron chi connectivity index (χ2n) is 7.38. The van der Waals surface area contributed by atoms with E-state index in [9.17, 15) is 0 Å². The predicted octanol–water partition coefficient (Wildman–Crippen LogP) is 3.30. The number of rotatable bonds is 4. The van der Waals surface area contributed by atoms with E-state index in [0.29, 0.717) is 6.54 Å². The molecule has 0 saturated carbocycles. The van der Waals surface area contributed by atoms with E-state index in [2.05, 4.69) is 56.2 Å². The summed E-state index contributed by atoms with van der Waals surface area (Å²) in [5, 5.41) is 3.42. The van der Waals surface area contributed by atoms with E-state index in [1.165, 1.54) is 5.56 Å². The summed E-state index contributed by atoms with van der Waals surface area (Å²) in [6, 6.07) is 12.4. The minimum absolute atomic E-state index is 0.363. The van der Waals surface area contributed by atoms with Gasteiger partial charge in [0.05, 0.1) is 11.2 Å². The molecule has 1 fully saturated rings. The maximum atomic E-state index is 6.20. The van der Waals surface area contributed by atoms with Crippen molar-refractivity contribution in [2.75, 3.05) is 5.32 Å². The molecule has 1 aromatic carbocycles. The third kappa shape index (κ3) is 3.33. The zero-order valence-electron chi connectivity index (χ0n) is 15.1. The van der Waals surface area contributed by atoms with Crippen LogP contribution < -0.4 is 10.8 Å². The van der Waals surface area contributed by atoms with E-state index in [1.54, 1.807) is 0 Å². The Labute approximate surface area is 144 Å². The predicted molar refractivity (Wildman–Crippen MR) is 98.5 cm³/mol. The zero-order valence-corrected chi connectivity index (χ0v) is 15.1. The van der Waals surface area contributed by atoms with Crippen LogP contribution in [0.1, 0.15) is 38.8 Å². The Hall–Kier alpha value is -1.85. The Bertz CT molecular complexity index is 701. The molecular weight excluding hydrogens is 299 g/mol. The van der Waals surface area contributed by atoms with Crippen LogP contribution in [0.2, 0.25) is 0 Å². The average Bonchev–Trinajstić information content (AvgIpc) is 2.75. The lowest BCUT2D eigenvalue weighted by molar-refractivity contribution is 0.00578. The molecule has 0 bridgehead atoms. The molecule has 24 heavy (non-hydrogen) atoms. The first kappa shape index (κ1) is 17.0. The summed E-state index contributed by atoms with van der Waals surface area (Å²) in [5.41, 5.74) is 2.52. The highest BCUT2D eigenvalue weighted by Crippen LogP contribution is 2.36. The molecule has 4 nitrogen and oxygen atoms in total. The number of aryl methyl sites for hydroxylation is 1. The van der Waals surface area contributed by atoms with Crippen molar-refractivity contribution in [1.82, 2.24) is 4.98 Å². The first-order valence-electron chi connectivity index (χ1n) is 8.38. The first-order chi connectivity index (χ1) is 11.3. The van der Waals surface area contributed by atoms with Crippen LogP contribution in [0.25, 0.3) is 0 Å². The van der Waals surface area contributed by atoms with Crippen LogP contribution in [-0.2, 0) is 15.9 Å². The van der Waals surface area contributed by atoms with Crippen LogP contribution in [0.15, 0.2) is 42.6 Å². The number of anilines is 1. The van der Waals surface area contributed by atoms with Gasteiger partial charge in [0.15, 0.2) is 0 Å². The molecule has 1 N–H and O–H groups in total. The van der Waals surface area contributed by atoms with Crippen LogP contribution in [0.5, 0.6) is 0 Å². The minimum Gasteiger partial charge on any atom is -0.399 e. The lowest BCUT2D eigenvalue weighted by Gasteiger charge is -2.32. The number of pyridine rings is 1. The Balaban J connectivity index is 1.84. The molecule has 0 radical (unpaired) electrons. The van der Waals surface area contributed by atoms with Crippen molar-refractivity contribution in [1.29, 1.82) is 0 Å². The van der Waals surface area contributed by atoms with Gasteiger partial charge >= 0.3 is 7.12 Å². The molecule has 2 heterocycles. The van der Waals surface area contributed by atoms with Crippen LogP contribution in [-0.4, -0.2) is 23.3 Å². The standard InChI is InChI=1S/C19H25BN2O2/c1-14-11-16(20-23-18(2,3)19(4,5)24-20)17(21-12-14)22-13-15-9-7-6-8-10-15/h6-12H,13H2,1-5H3,(H,21,22). The van der Waals surface area contributed by atoms with E-state index in [0.717, 1.165) is 16.8 Å². The molecule has 0 spiro atoms. The van der Waals surface area contributed by atoms with Gasteiger partial charge in [0.1, 0.15) is 5.82 Å². The fourth-order valence-electron chi connectivity index (χ4n) is 2.67. The summed E-state index contributed by atoms with van der Waals surface area (Å²) in [4.78, 5) is 4.56. The Morgan fingerprint density at radius 1 is 1.04 bits per heavy atom. The van der Waals surface area contributed by atoms with Crippen LogP contribution in [0, 0.1) is 6.92 Å². The SMILES string of the molecule is Cc1cnc(NCc2ccccc2)c(B2OC(C)(C)C(C)(C)O2)c1. The molecule has 1 aromatic heterocycles. The molecule has 1 saturated heterocycles. The second kappa shape index (κ2) is 6.23. The van der Waals surface area contributed by atoms with Gasteiger partial charge in [-0.05, 0) is 45.7 Å². The van der Waals surface area contributed by atoms with Gasteiger partial charge in [-0.15, -0.1) is 0 Å². The van der Waals surface area contributed by atoms with Crippen molar-refractivity contribution in [2.24, 2.45) is 0 Å². The molecule has 3 rings (SSSR count). The molecule has 2 aromatic rings. The van der Waals surface area contributed by atoms with Crippen LogP contribution in [0.3, 0.4) is 0 Å². The van der Waals surface area contributed by atoms with Gasteiger partial charge in [-0.3, -0.25) is 0 Å². The zero-order chi connectivity index (χ0) is 17.4. The molecule has 0 atom stereocenters. The quantitative estimate of drug-likeness (QED) is 0.877. The molecule has 5 heteroatoms. The normalized spacial score (nSPS) is 18.6. The highest BCUT2D eigenvalue weighted by atomic mass is 16.7. The average molecular weight is 324 g/mol. The molecule has 1 aliphatic heterocycles. The maximum Gasteiger partial charge on any atom is 0.498 e. The van der Waals surface area contributed by atoms with E-state index in [-0.39, 0.29) is 11.2 Å². The molecule has 0 unspecified atom stereocenters. The van der Waals surface area contributed by atoms with Gasteiger partial charge in [0, 0.05) is 18.2 Å². The van der Waals surface area contributed by atoms with Crippen molar-refractivity contribution in [3.8, 4) is 0 Å². The van der Waals surface area contributed by atoms with Gasteiger partial charge in [-0.25, -0.2) is 4.98 Å². The summed E-state index contributed by atoms with van der Waals surface area (Å²) in [6.45, 7) is 11.0. The number of nitrogens with one attached hydrogen (secondary N) is 1. The van der Waals surface area contributed by atoms with Gasteiger partial charge in [-0.2, -0.15) is 0 Å². The van der Waals surface area contributed by atoms with E-state index < -0.39 is 7.12 Å². The third-order valence-corrected chi connectivity index (χ3v) is 4.86. The van der Waals surface area contributed by atoms with Gasteiger partial charge in [0.25, 0.3) is 0 Å². The maximum absolute atomic E-state index is 6.20. The fraction of sp³-hybridized carbons (Fsp3) is 0.421.